The molecule has 2 fully saturated rings. The summed E-state index contributed by atoms with van der Waals surface area (Å²) in [6, 6.07) is 0.328. The molecule has 272 valence electrons. The first-order valence-corrected chi connectivity index (χ1v) is 16.6. The van der Waals surface area contributed by atoms with Crippen LogP contribution in [0.3, 0.4) is 0 Å². The van der Waals surface area contributed by atoms with E-state index < -0.39 is 53.6 Å². The molecule has 1 aliphatic heterocycles. The number of aryl methyl sites for hydroxylation is 1. The molecule has 3 aromatic rings. The zero-order chi connectivity index (χ0) is 36.4. The number of benzene rings is 1. The summed E-state index contributed by atoms with van der Waals surface area (Å²) in [5, 5.41) is 13.5. The molecule has 1 saturated carbocycles. The molecule has 0 bridgehead atoms. The summed E-state index contributed by atoms with van der Waals surface area (Å²) < 4.78 is 90.3. The van der Waals surface area contributed by atoms with Crippen LogP contribution < -0.4 is 4.90 Å². The van der Waals surface area contributed by atoms with E-state index in [1.165, 1.54) is 12.4 Å². The van der Waals surface area contributed by atoms with Gasteiger partial charge in [0.1, 0.15) is 6.10 Å². The fourth-order valence-corrected chi connectivity index (χ4v) is 7.02. The van der Waals surface area contributed by atoms with Gasteiger partial charge in [0.15, 0.2) is 0 Å². The maximum atomic E-state index is 13.8. The monoisotopic (exact) mass is 710 g/mol. The van der Waals surface area contributed by atoms with Crippen LogP contribution in [0.2, 0.25) is 0 Å². The number of carbonyl (C=O) groups is 2. The zero-order valence-electron chi connectivity index (χ0n) is 27.9. The molecule has 50 heavy (non-hydrogen) atoms. The molecule has 1 amide bonds. The molecule has 2 aliphatic rings. The highest BCUT2D eigenvalue weighted by Crippen LogP contribution is 2.39. The van der Waals surface area contributed by atoms with Crippen LogP contribution in [0.4, 0.5) is 37.1 Å². The number of aliphatic carboxylic acids is 1. The van der Waals surface area contributed by atoms with Crippen molar-refractivity contribution in [3.05, 3.63) is 59.7 Å². The molecule has 10 nitrogen and oxygen atoms in total. The highest BCUT2D eigenvalue weighted by Gasteiger charge is 2.42. The van der Waals surface area contributed by atoms with Gasteiger partial charge in [0.05, 0.1) is 23.2 Å². The van der Waals surface area contributed by atoms with Crippen molar-refractivity contribution in [2.45, 2.75) is 108 Å². The molecular formula is C34H40F6N6O4. The summed E-state index contributed by atoms with van der Waals surface area (Å²) >= 11 is 0. The summed E-state index contributed by atoms with van der Waals surface area (Å²) in [6.07, 6.45) is -1.20. The van der Waals surface area contributed by atoms with E-state index in [0.717, 1.165) is 5.56 Å². The molecule has 5 rings (SSSR count). The predicted molar refractivity (Wildman–Crippen MR) is 170 cm³/mol. The lowest BCUT2D eigenvalue weighted by molar-refractivity contribution is -0.144. The first kappa shape index (κ1) is 36.9. The zero-order valence-corrected chi connectivity index (χ0v) is 27.9. The molecule has 1 aliphatic carbocycles. The lowest BCUT2D eigenvalue weighted by Gasteiger charge is -2.47. The maximum Gasteiger partial charge on any atom is 0.416 e. The smallest absolute Gasteiger partial charge is 0.416 e. The van der Waals surface area contributed by atoms with E-state index >= 15 is 0 Å². The number of amides is 1. The highest BCUT2D eigenvalue weighted by molar-refractivity contribution is 5.70. The number of piperidine rings is 1. The van der Waals surface area contributed by atoms with Gasteiger partial charge in [-0.1, -0.05) is 13.8 Å². The number of ether oxygens (including phenoxy) is 1. The topological polar surface area (TPSA) is 114 Å². The number of rotatable bonds is 9. The first-order valence-electron chi connectivity index (χ1n) is 16.6. The van der Waals surface area contributed by atoms with E-state index in [2.05, 4.69) is 15.1 Å². The van der Waals surface area contributed by atoms with E-state index in [-0.39, 0.29) is 36.2 Å². The Morgan fingerprint density at radius 1 is 0.880 bits per heavy atom. The standard InChI is InChI=1S/C34H40F6N6O4/c1-4-26-13-28(14-27(5-2)46(26)32(49)50-29-8-6-21(7-9-29)30(47)48)45(31-41-15-22(16-42-31)23-17-43-44(3)19-23)18-20-10-24(33(35,36)37)12-25(11-20)34(38,39)40/h10-12,15-17,19,21,26-29H,4-9,13-14,18H2,1-3H3,(H,47,48)/t21-,26-,27+,28+,29-. The van der Waals surface area contributed by atoms with Gasteiger partial charge in [-0.15, -0.1) is 0 Å². The first-order chi connectivity index (χ1) is 23.6. The summed E-state index contributed by atoms with van der Waals surface area (Å²) in [7, 11) is 1.74. The Balaban J connectivity index is 1.46. The molecule has 1 aromatic carbocycles. The third-order valence-electron chi connectivity index (χ3n) is 9.69. The third kappa shape index (κ3) is 8.49. The molecule has 16 heteroatoms. The van der Waals surface area contributed by atoms with Crippen LogP contribution in [0.15, 0.2) is 43.0 Å². The van der Waals surface area contributed by atoms with Crippen molar-refractivity contribution in [1.29, 1.82) is 0 Å². The minimum atomic E-state index is -5.01. The van der Waals surface area contributed by atoms with Crippen LogP contribution in [-0.4, -0.2) is 66.0 Å². The Hall–Kier alpha value is -4.37. The van der Waals surface area contributed by atoms with Crippen molar-refractivity contribution in [3.8, 4) is 11.1 Å². The van der Waals surface area contributed by atoms with Crippen molar-refractivity contribution in [1.82, 2.24) is 24.6 Å². The molecule has 2 aromatic heterocycles. The fraction of sp³-hybridized carbons (Fsp3) is 0.559. The number of likely N-dealkylation sites (tertiary alicyclic amines) is 1. The molecular weight excluding hydrogens is 670 g/mol. The lowest BCUT2D eigenvalue weighted by Crippen LogP contribution is -2.57. The Bertz CT molecular complexity index is 1590. The van der Waals surface area contributed by atoms with Crippen LogP contribution in [0, 0.1) is 5.92 Å². The Kier molecular flexibility index (Phi) is 11.0. The van der Waals surface area contributed by atoms with E-state index in [0.29, 0.717) is 69.1 Å². The van der Waals surface area contributed by atoms with Gasteiger partial charge in [0, 0.05) is 61.4 Å². The van der Waals surface area contributed by atoms with Crippen molar-refractivity contribution in [3.63, 3.8) is 0 Å². The molecule has 3 atom stereocenters. The number of halogens is 6. The second kappa shape index (κ2) is 14.9. The molecule has 0 unspecified atom stereocenters. The third-order valence-corrected chi connectivity index (χ3v) is 9.69. The van der Waals surface area contributed by atoms with Crippen LogP contribution in [-0.2, 0) is 35.5 Å². The average molecular weight is 711 g/mol. The van der Waals surface area contributed by atoms with Gasteiger partial charge in [-0.05, 0) is 75.1 Å². The largest absolute Gasteiger partial charge is 0.481 e. The minimum absolute atomic E-state index is 0.103. The van der Waals surface area contributed by atoms with Gasteiger partial charge in [0.25, 0.3) is 0 Å². The Morgan fingerprint density at radius 3 is 1.90 bits per heavy atom. The molecule has 1 saturated heterocycles. The van der Waals surface area contributed by atoms with Crippen LogP contribution in [0.5, 0.6) is 0 Å². The number of nitrogens with zero attached hydrogens (tertiary/aromatic N) is 6. The van der Waals surface area contributed by atoms with Crippen molar-refractivity contribution < 1.29 is 45.8 Å². The van der Waals surface area contributed by atoms with Gasteiger partial charge in [-0.3, -0.25) is 9.48 Å². The number of carboxylic acid groups (broad SMARTS) is 1. The Labute approximate surface area is 285 Å². The maximum absolute atomic E-state index is 13.8. The highest BCUT2D eigenvalue weighted by atomic mass is 19.4. The second-order valence-electron chi connectivity index (χ2n) is 13.1. The summed E-state index contributed by atoms with van der Waals surface area (Å²) in [5.41, 5.74) is -1.70. The van der Waals surface area contributed by atoms with Gasteiger partial charge in [0.2, 0.25) is 5.95 Å². The van der Waals surface area contributed by atoms with Crippen molar-refractivity contribution >= 4 is 18.0 Å². The van der Waals surface area contributed by atoms with Crippen LogP contribution in [0.1, 0.15) is 81.9 Å². The normalized spacial score (nSPS) is 23.1. The lowest BCUT2D eigenvalue weighted by atomic mass is 9.87. The summed E-state index contributed by atoms with van der Waals surface area (Å²) in [5.74, 6) is -1.22. The van der Waals surface area contributed by atoms with Gasteiger partial charge < -0.3 is 19.6 Å². The van der Waals surface area contributed by atoms with Gasteiger partial charge >= 0.3 is 24.4 Å². The summed E-state index contributed by atoms with van der Waals surface area (Å²) in [6.45, 7) is 3.43. The number of hydrogen-bond acceptors (Lipinski definition) is 7. The molecule has 1 N–H and O–H groups in total. The molecule has 0 spiro atoms. The van der Waals surface area contributed by atoms with Crippen molar-refractivity contribution in [2.75, 3.05) is 4.90 Å². The number of aromatic nitrogens is 4. The number of carboxylic acids is 1. The average Bonchev–Trinajstić information content (AvgIpc) is 3.52. The van der Waals surface area contributed by atoms with E-state index in [1.807, 2.05) is 13.8 Å². The Morgan fingerprint density at radius 2 is 1.44 bits per heavy atom. The number of anilines is 1. The van der Waals surface area contributed by atoms with Crippen molar-refractivity contribution in [2.24, 2.45) is 13.0 Å². The second-order valence-corrected chi connectivity index (χ2v) is 13.1. The van der Waals surface area contributed by atoms with Gasteiger partial charge in [-0.25, -0.2) is 14.8 Å². The van der Waals surface area contributed by atoms with E-state index in [1.54, 1.807) is 33.9 Å². The predicted octanol–water partition coefficient (Wildman–Crippen LogP) is 7.72. The van der Waals surface area contributed by atoms with Crippen LogP contribution in [0.25, 0.3) is 11.1 Å². The molecule has 3 heterocycles. The quantitative estimate of drug-likeness (QED) is 0.225. The summed E-state index contributed by atoms with van der Waals surface area (Å²) in [4.78, 5) is 37.3. The van der Waals surface area contributed by atoms with Crippen LogP contribution >= 0.6 is 0 Å². The SMILES string of the molecule is CC[C@@H]1C[C@H](N(Cc2cc(C(F)(F)F)cc(C(F)(F)F)c2)c2ncc(-c3cnn(C)c3)cn2)C[C@H](CC)N1C(=O)O[C@H]1CC[C@H](C(=O)O)CC1. The fourth-order valence-electron chi connectivity index (χ4n) is 7.02. The van der Waals surface area contributed by atoms with E-state index in [4.69, 9.17) is 4.74 Å². The van der Waals surface area contributed by atoms with Gasteiger partial charge in [-0.2, -0.15) is 31.4 Å². The number of carbonyl (C=O) groups excluding carboxylic acids is 1. The minimum Gasteiger partial charge on any atom is -0.481 e. The number of hydrogen-bond donors (Lipinski definition) is 1. The van der Waals surface area contributed by atoms with E-state index in [9.17, 15) is 41.0 Å². The number of alkyl halides is 6. The molecule has 0 radical (unpaired) electrons.